The smallest absolute Gasteiger partial charge is 0.274 e. The second-order valence-corrected chi connectivity index (χ2v) is 11.6. The van der Waals surface area contributed by atoms with Gasteiger partial charge < -0.3 is 28.7 Å². The van der Waals surface area contributed by atoms with E-state index in [0.29, 0.717) is 75.2 Å². The third kappa shape index (κ3) is 9.43. The van der Waals surface area contributed by atoms with Crippen LogP contribution in [0.4, 0.5) is 0 Å². The van der Waals surface area contributed by atoms with E-state index in [1.165, 1.54) is 0 Å². The Kier molecular flexibility index (Phi) is 14.6. The Bertz CT molecular complexity index is 1300. The first-order valence-electron chi connectivity index (χ1n) is 15.5. The van der Waals surface area contributed by atoms with Crippen molar-refractivity contribution in [2.45, 2.75) is 53.6 Å². The van der Waals surface area contributed by atoms with Crippen LogP contribution in [0.5, 0.6) is 11.5 Å². The molecule has 4 amide bonds. The molecule has 4 aliphatic rings. The standard InChI is InChI=1S/2C16H20N2O5.2CH4/c2*19-15(17-21)11-3-4-12-9-18(5-7-23-14(12)8-11)16(20)13-2-1-6-22-10-13;;/h2*3-4,8,13,21H,1-2,5-7,9-10H2,(H,17,19);2*1H4/t2*13-;;/m10../s1. The Balaban J connectivity index is 0.000000250. The van der Waals surface area contributed by atoms with Gasteiger partial charge in [0.15, 0.2) is 0 Å². The van der Waals surface area contributed by atoms with Gasteiger partial charge in [0, 0.05) is 48.6 Å². The number of ether oxygens (including phenoxy) is 4. The molecule has 14 heteroatoms. The first kappa shape index (κ1) is 38.2. The fraction of sp³-hybridized carbons (Fsp3) is 0.529. The summed E-state index contributed by atoms with van der Waals surface area (Å²) in [6, 6.07) is 9.87. The maximum Gasteiger partial charge on any atom is 0.274 e. The van der Waals surface area contributed by atoms with Crippen molar-refractivity contribution in [2.75, 3.05) is 52.7 Å². The van der Waals surface area contributed by atoms with Gasteiger partial charge in [-0.05, 0) is 49.9 Å². The van der Waals surface area contributed by atoms with E-state index in [2.05, 4.69) is 0 Å². The van der Waals surface area contributed by atoms with E-state index in [1.807, 2.05) is 0 Å². The molecule has 4 N–H and O–H groups in total. The van der Waals surface area contributed by atoms with Crippen molar-refractivity contribution in [1.29, 1.82) is 0 Å². The minimum atomic E-state index is -0.590. The molecule has 2 saturated heterocycles. The maximum absolute atomic E-state index is 12.6. The average molecular weight is 673 g/mol. The lowest BCUT2D eigenvalue weighted by molar-refractivity contribution is -0.141. The van der Waals surface area contributed by atoms with Crippen LogP contribution in [-0.2, 0) is 32.2 Å². The highest BCUT2D eigenvalue weighted by Crippen LogP contribution is 2.28. The summed E-state index contributed by atoms with van der Waals surface area (Å²) >= 11 is 0. The number of hydrogen-bond donors (Lipinski definition) is 4. The normalized spacial score (nSPS) is 20.0. The largest absolute Gasteiger partial charge is 0.491 e. The molecule has 0 spiro atoms. The van der Waals surface area contributed by atoms with E-state index in [-0.39, 0.29) is 38.5 Å². The zero-order valence-corrected chi connectivity index (χ0v) is 25.6. The predicted molar refractivity (Wildman–Crippen MR) is 174 cm³/mol. The number of hydrogen-bond acceptors (Lipinski definition) is 10. The van der Waals surface area contributed by atoms with Gasteiger partial charge in [0.25, 0.3) is 11.8 Å². The molecule has 0 bridgehead atoms. The minimum absolute atomic E-state index is 0. The third-order valence-electron chi connectivity index (χ3n) is 8.46. The number of benzene rings is 2. The lowest BCUT2D eigenvalue weighted by Gasteiger charge is -2.28. The Morgan fingerprint density at radius 2 is 1.06 bits per heavy atom. The fourth-order valence-corrected chi connectivity index (χ4v) is 5.92. The second kappa shape index (κ2) is 18.3. The summed E-state index contributed by atoms with van der Waals surface area (Å²) in [5, 5.41) is 17.4. The van der Waals surface area contributed by atoms with Gasteiger partial charge in [-0.15, -0.1) is 0 Å². The van der Waals surface area contributed by atoms with Gasteiger partial charge in [0.2, 0.25) is 11.8 Å². The van der Waals surface area contributed by atoms with Crippen LogP contribution in [0.15, 0.2) is 36.4 Å². The summed E-state index contributed by atoms with van der Waals surface area (Å²) in [7, 11) is 0. The molecule has 0 unspecified atom stereocenters. The first-order valence-corrected chi connectivity index (χ1v) is 15.5. The van der Waals surface area contributed by atoms with Crippen LogP contribution in [-0.4, -0.2) is 96.6 Å². The number of nitrogens with zero attached hydrogens (tertiary/aromatic N) is 2. The van der Waals surface area contributed by atoms with Crippen LogP contribution in [0.25, 0.3) is 0 Å². The van der Waals surface area contributed by atoms with E-state index in [0.717, 1.165) is 50.0 Å². The van der Waals surface area contributed by atoms with E-state index in [4.69, 9.17) is 29.4 Å². The fourth-order valence-electron chi connectivity index (χ4n) is 5.92. The molecule has 0 saturated carbocycles. The highest BCUT2D eigenvalue weighted by atomic mass is 16.5. The molecule has 0 radical (unpaired) electrons. The number of amides is 4. The Morgan fingerprint density at radius 1 is 0.646 bits per heavy atom. The quantitative estimate of drug-likeness (QED) is 0.279. The van der Waals surface area contributed by atoms with Crippen molar-refractivity contribution >= 4 is 23.6 Å². The van der Waals surface area contributed by atoms with Crippen LogP contribution in [0.2, 0.25) is 0 Å². The van der Waals surface area contributed by atoms with Gasteiger partial charge >= 0.3 is 0 Å². The molecule has 2 aromatic rings. The van der Waals surface area contributed by atoms with E-state index in [9.17, 15) is 19.2 Å². The first-order chi connectivity index (χ1) is 22.4. The van der Waals surface area contributed by atoms with Crippen LogP contribution in [0, 0.1) is 11.8 Å². The molecular weight excluding hydrogens is 624 g/mol. The van der Waals surface area contributed by atoms with Crippen molar-refractivity contribution in [2.24, 2.45) is 11.8 Å². The van der Waals surface area contributed by atoms with Gasteiger partial charge in [0.1, 0.15) is 24.7 Å². The van der Waals surface area contributed by atoms with Gasteiger partial charge in [-0.3, -0.25) is 29.6 Å². The van der Waals surface area contributed by atoms with Crippen molar-refractivity contribution < 1.29 is 48.5 Å². The Morgan fingerprint density at radius 3 is 1.42 bits per heavy atom. The molecule has 2 fully saturated rings. The van der Waals surface area contributed by atoms with E-state index in [1.54, 1.807) is 57.2 Å². The molecule has 4 aliphatic heterocycles. The number of fused-ring (bicyclic) bond motifs is 2. The van der Waals surface area contributed by atoms with Crippen LogP contribution < -0.4 is 20.4 Å². The van der Waals surface area contributed by atoms with E-state index < -0.39 is 11.8 Å². The van der Waals surface area contributed by atoms with Crippen molar-refractivity contribution in [1.82, 2.24) is 20.8 Å². The SMILES string of the molecule is C.C.O=C(NO)c1ccc2c(c1)OCCN(C(=O)[C@@H]1CCCOC1)C2.O=C(NO)c1ccc2c(c1)OCCN(C(=O)[C@H]1CCCOC1)C2. The summed E-state index contributed by atoms with van der Waals surface area (Å²) in [6.45, 7) is 5.08. The number of rotatable bonds is 4. The lowest BCUT2D eigenvalue weighted by Crippen LogP contribution is -2.40. The molecule has 0 aromatic heterocycles. The molecule has 264 valence electrons. The second-order valence-electron chi connectivity index (χ2n) is 11.6. The van der Waals surface area contributed by atoms with Gasteiger partial charge in [-0.2, -0.15) is 0 Å². The molecular formula is C34H48N4O10. The Labute approximate surface area is 281 Å². The molecule has 48 heavy (non-hydrogen) atoms. The van der Waals surface area contributed by atoms with Crippen molar-refractivity contribution in [3.8, 4) is 11.5 Å². The molecule has 0 aliphatic carbocycles. The van der Waals surface area contributed by atoms with Crippen molar-refractivity contribution in [3.05, 3.63) is 58.7 Å². The highest BCUT2D eigenvalue weighted by Gasteiger charge is 2.30. The molecule has 14 nitrogen and oxygen atoms in total. The van der Waals surface area contributed by atoms with Crippen LogP contribution in [0.3, 0.4) is 0 Å². The minimum Gasteiger partial charge on any atom is -0.491 e. The molecule has 4 heterocycles. The predicted octanol–water partition coefficient (Wildman–Crippen LogP) is 3.18. The van der Waals surface area contributed by atoms with Gasteiger partial charge in [-0.25, -0.2) is 11.0 Å². The summed E-state index contributed by atoms with van der Waals surface area (Å²) in [4.78, 5) is 51.8. The lowest BCUT2D eigenvalue weighted by atomic mass is 10.00. The monoisotopic (exact) mass is 672 g/mol. The number of nitrogens with one attached hydrogen (secondary N) is 2. The Hall–Kier alpha value is -4.24. The van der Waals surface area contributed by atoms with Gasteiger partial charge in [0.05, 0.1) is 38.1 Å². The number of hydroxylamine groups is 2. The topological polar surface area (TPSA) is 176 Å². The zero-order chi connectivity index (χ0) is 32.5. The van der Waals surface area contributed by atoms with E-state index >= 15 is 0 Å². The summed E-state index contributed by atoms with van der Waals surface area (Å²) in [5.41, 5.74) is 5.52. The maximum atomic E-state index is 12.6. The van der Waals surface area contributed by atoms with Crippen molar-refractivity contribution in [3.63, 3.8) is 0 Å². The van der Waals surface area contributed by atoms with Crippen LogP contribution in [0.1, 0.15) is 72.4 Å². The highest BCUT2D eigenvalue weighted by molar-refractivity contribution is 5.94. The molecule has 2 atom stereocenters. The number of carbonyl (C=O) groups is 4. The summed E-state index contributed by atoms with van der Waals surface area (Å²) < 4.78 is 22.1. The summed E-state index contributed by atoms with van der Waals surface area (Å²) in [5.74, 6) is -0.00501. The third-order valence-corrected chi connectivity index (χ3v) is 8.46. The van der Waals surface area contributed by atoms with Crippen LogP contribution >= 0.6 is 0 Å². The average Bonchev–Trinajstić information content (AvgIpc) is 3.47. The number of carbonyl (C=O) groups excluding carboxylic acids is 4. The summed E-state index contributed by atoms with van der Waals surface area (Å²) in [6.07, 6.45) is 3.55. The zero-order valence-electron chi connectivity index (χ0n) is 25.6. The van der Waals surface area contributed by atoms with Gasteiger partial charge in [-0.1, -0.05) is 27.0 Å². The molecule has 6 rings (SSSR count). The molecule has 2 aromatic carbocycles.